The molecule has 0 spiro atoms. The maximum Gasteiger partial charge on any atom is 0.317 e. The predicted molar refractivity (Wildman–Crippen MR) is 36.4 cm³/mol. The van der Waals surface area contributed by atoms with Crippen LogP contribution in [-0.4, -0.2) is 17.2 Å². The lowest BCUT2D eigenvalue weighted by molar-refractivity contribution is -0.133. The van der Waals surface area contributed by atoms with Crippen LogP contribution in [0.2, 0.25) is 0 Å². The molecule has 48 valence electrons. The molecule has 0 bridgehead atoms. The van der Waals surface area contributed by atoms with Gasteiger partial charge in [0.05, 0.1) is 12.5 Å². The molecule has 0 aromatic rings. The zero-order valence-corrected chi connectivity index (χ0v) is 6.58. The first-order valence-corrected chi connectivity index (χ1v) is 3.04. The van der Waals surface area contributed by atoms with Gasteiger partial charge in [-0.15, -0.1) is 0 Å². The minimum absolute atomic E-state index is 0.0724. The standard InChI is InChI=1S/C4H7IO3/c1-3(6)2-4(7)8-5/h3,6H,2H2,1H3. The van der Waals surface area contributed by atoms with E-state index < -0.39 is 6.10 Å². The molecule has 0 aliphatic rings. The molecule has 0 radical (unpaired) electrons. The minimum Gasteiger partial charge on any atom is -0.394 e. The largest absolute Gasteiger partial charge is 0.394 e. The van der Waals surface area contributed by atoms with Crippen LogP contribution in [0.15, 0.2) is 0 Å². The Morgan fingerprint density at radius 2 is 2.50 bits per heavy atom. The highest BCUT2D eigenvalue weighted by atomic mass is 127. The SMILES string of the molecule is CC(O)CC(=O)OI. The van der Waals surface area contributed by atoms with Gasteiger partial charge in [0.25, 0.3) is 0 Å². The summed E-state index contributed by atoms with van der Waals surface area (Å²) in [4.78, 5) is 10.2. The van der Waals surface area contributed by atoms with E-state index in [-0.39, 0.29) is 12.4 Å². The van der Waals surface area contributed by atoms with E-state index >= 15 is 0 Å². The Hall–Kier alpha value is 0.160. The van der Waals surface area contributed by atoms with Crippen LogP contribution >= 0.6 is 23.0 Å². The molecule has 0 aromatic heterocycles. The number of carbonyl (C=O) groups excluding carboxylic acids is 1. The molecule has 0 rings (SSSR count). The van der Waals surface area contributed by atoms with Gasteiger partial charge in [-0.2, -0.15) is 0 Å². The van der Waals surface area contributed by atoms with Crippen LogP contribution in [0.4, 0.5) is 0 Å². The Labute approximate surface area is 61.7 Å². The molecule has 1 atom stereocenters. The molecule has 4 heteroatoms. The Morgan fingerprint density at radius 1 is 2.00 bits per heavy atom. The van der Waals surface area contributed by atoms with Gasteiger partial charge in [-0.05, 0) is 6.92 Å². The summed E-state index contributed by atoms with van der Waals surface area (Å²) in [5, 5.41) is 8.55. The van der Waals surface area contributed by atoms with Crippen LogP contribution in [0, 0.1) is 0 Å². The smallest absolute Gasteiger partial charge is 0.317 e. The quantitative estimate of drug-likeness (QED) is 0.708. The van der Waals surface area contributed by atoms with Crippen molar-refractivity contribution >= 4 is 29.0 Å². The van der Waals surface area contributed by atoms with Gasteiger partial charge in [0, 0.05) is 0 Å². The fourth-order valence-electron chi connectivity index (χ4n) is 0.273. The lowest BCUT2D eigenvalue weighted by atomic mass is 10.3. The number of halogens is 1. The molecular weight excluding hydrogens is 223 g/mol. The summed E-state index contributed by atoms with van der Waals surface area (Å²) in [6.07, 6.45) is -0.527. The van der Waals surface area contributed by atoms with Crippen molar-refractivity contribution in [3.05, 3.63) is 0 Å². The average Bonchev–Trinajstić information content (AvgIpc) is 1.65. The Kier molecular flexibility index (Phi) is 4.16. The van der Waals surface area contributed by atoms with E-state index in [0.29, 0.717) is 0 Å². The fraction of sp³-hybridized carbons (Fsp3) is 0.750. The van der Waals surface area contributed by atoms with E-state index in [1.54, 1.807) is 0 Å². The molecule has 0 amide bonds. The number of hydrogen-bond acceptors (Lipinski definition) is 3. The monoisotopic (exact) mass is 230 g/mol. The van der Waals surface area contributed by atoms with Crippen molar-refractivity contribution in [2.24, 2.45) is 0 Å². The van der Waals surface area contributed by atoms with Gasteiger partial charge in [-0.1, -0.05) is 0 Å². The zero-order valence-electron chi connectivity index (χ0n) is 4.43. The molecule has 8 heavy (non-hydrogen) atoms. The molecule has 0 aromatic carbocycles. The molecule has 0 aliphatic heterocycles. The second kappa shape index (κ2) is 4.08. The molecule has 0 heterocycles. The summed E-state index contributed by atoms with van der Waals surface area (Å²) in [5.41, 5.74) is 0. The zero-order chi connectivity index (χ0) is 6.57. The van der Waals surface area contributed by atoms with Crippen LogP contribution in [0.1, 0.15) is 13.3 Å². The molecule has 0 fully saturated rings. The second-order valence-electron chi connectivity index (χ2n) is 1.50. The lowest BCUT2D eigenvalue weighted by Crippen LogP contribution is -2.08. The molecular formula is C4H7IO3. The van der Waals surface area contributed by atoms with Crippen molar-refractivity contribution in [2.45, 2.75) is 19.4 Å². The molecule has 1 unspecified atom stereocenters. The highest BCUT2D eigenvalue weighted by Crippen LogP contribution is 1.95. The van der Waals surface area contributed by atoms with E-state index in [9.17, 15) is 4.79 Å². The molecule has 0 saturated heterocycles. The van der Waals surface area contributed by atoms with Gasteiger partial charge < -0.3 is 8.17 Å². The Balaban J connectivity index is 3.25. The maximum atomic E-state index is 10.2. The highest BCUT2D eigenvalue weighted by Gasteiger charge is 2.04. The summed E-state index contributed by atoms with van der Waals surface area (Å²) >= 11 is 1.49. The Bertz CT molecular complexity index is 81.4. The number of rotatable bonds is 2. The van der Waals surface area contributed by atoms with E-state index in [4.69, 9.17) is 5.11 Å². The first-order chi connectivity index (χ1) is 3.66. The third-order valence-electron chi connectivity index (χ3n) is 0.548. The van der Waals surface area contributed by atoms with E-state index in [1.165, 1.54) is 29.9 Å². The average molecular weight is 230 g/mol. The van der Waals surface area contributed by atoms with Gasteiger partial charge in [0.1, 0.15) is 0 Å². The predicted octanol–water partition coefficient (Wildman–Crippen LogP) is 0.651. The third kappa shape index (κ3) is 4.32. The number of carbonyl (C=O) groups is 1. The lowest BCUT2D eigenvalue weighted by Gasteiger charge is -1.97. The molecule has 3 nitrogen and oxygen atoms in total. The van der Waals surface area contributed by atoms with E-state index in [2.05, 4.69) is 3.07 Å². The summed E-state index contributed by atoms with van der Waals surface area (Å²) < 4.78 is 4.23. The van der Waals surface area contributed by atoms with Crippen LogP contribution < -0.4 is 0 Å². The summed E-state index contributed by atoms with van der Waals surface area (Å²) in [7, 11) is 0. The van der Waals surface area contributed by atoms with E-state index in [0.717, 1.165) is 0 Å². The van der Waals surface area contributed by atoms with Crippen LogP contribution in [-0.2, 0) is 7.86 Å². The van der Waals surface area contributed by atoms with Crippen molar-refractivity contribution < 1.29 is 13.0 Å². The molecule has 1 N–H and O–H groups in total. The summed E-state index contributed by atoms with van der Waals surface area (Å²) in [6, 6.07) is 0. The topological polar surface area (TPSA) is 46.5 Å². The van der Waals surface area contributed by atoms with Crippen LogP contribution in [0.5, 0.6) is 0 Å². The van der Waals surface area contributed by atoms with Crippen LogP contribution in [0.3, 0.4) is 0 Å². The fourth-order valence-corrected chi connectivity index (χ4v) is 0.452. The van der Waals surface area contributed by atoms with Gasteiger partial charge in [-0.3, -0.25) is 4.79 Å². The second-order valence-corrected chi connectivity index (χ2v) is 1.94. The van der Waals surface area contributed by atoms with Crippen molar-refractivity contribution in [3.8, 4) is 0 Å². The number of hydrogen-bond donors (Lipinski definition) is 1. The highest BCUT2D eigenvalue weighted by molar-refractivity contribution is 14.1. The van der Waals surface area contributed by atoms with Crippen molar-refractivity contribution in [1.29, 1.82) is 0 Å². The summed E-state index contributed by atoms with van der Waals surface area (Å²) in [5.74, 6) is -0.388. The van der Waals surface area contributed by atoms with Crippen molar-refractivity contribution in [1.82, 2.24) is 0 Å². The maximum absolute atomic E-state index is 10.2. The first-order valence-electron chi connectivity index (χ1n) is 2.16. The Morgan fingerprint density at radius 3 is 2.62 bits per heavy atom. The third-order valence-corrected chi connectivity index (χ3v) is 1.04. The van der Waals surface area contributed by atoms with Gasteiger partial charge in [0.2, 0.25) is 0 Å². The number of aliphatic hydroxyl groups excluding tert-OH is 1. The van der Waals surface area contributed by atoms with Crippen molar-refractivity contribution in [2.75, 3.05) is 0 Å². The molecule has 0 saturated carbocycles. The van der Waals surface area contributed by atoms with Gasteiger partial charge in [0.15, 0.2) is 23.0 Å². The van der Waals surface area contributed by atoms with Crippen LogP contribution in [0.25, 0.3) is 0 Å². The first kappa shape index (κ1) is 8.16. The van der Waals surface area contributed by atoms with Gasteiger partial charge in [-0.25, -0.2) is 0 Å². The normalized spacial score (nSPS) is 12.9. The molecule has 0 aliphatic carbocycles. The van der Waals surface area contributed by atoms with Gasteiger partial charge >= 0.3 is 5.97 Å². The van der Waals surface area contributed by atoms with Crippen molar-refractivity contribution in [3.63, 3.8) is 0 Å². The minimum atomic E-state index is -0.600. The van der Waals surface area contributed by atoms with E-state index in [1.807, 2.05) is 0 Å². The summed E-state index contributed by atoms with van der Waals surface area (Å²) in [6.45, 7) is 1.54. The number of aliphatic hydroxyl groups is 1.